The molecular formula is C34H38N4O5. The van der Waals surface area contributed by atoms with E-state index in [-0.39, 0.29) is 5.78 Å². The molecule has 0 bridgehead atoms. The zero-order valence-electron chi connectivity index (χ0n) is 25.1. The summed E-state index contributed by atoms with van der Waals surface area (Å²) in [4.78, 5) is 18.7. The number of benzene rings is 3. The number of carbonyl (C=O) groups is 1. The Labute approximate surface area is 251 Å². The number of nitrogens with one attached hydrogen (secondary N) is 1. The van der Waals surface area contributed by atoms with Gasteiger partial charge >= 0.3 is 0 Å². The van der Waals surface area contributed by atoms with E-state index in [9.17, 15) is 4.79 Å². The average Bonchev–Trinajstić information content (AvgIpc) is 3.50. The highest BCUT2D eigenvalue weighted by Gasteiger charge is 2.35. The van der Waals surface area contributed by atoms with Crippen LogP contribution in [-0.2, 0) is 6.54 Å². The lowest BCUT2D eigenvalue weighted by molar-refractivity contribution is 0.104. The number of piperazine rings is 1. The smallest absolute Gasteiger partial charge is 0.203 e. The van der Waals surface area contributed by atoms with Crippen LogP contribution in [0.4, 0.5) is 11.4 Å². The van der Waals surface area contributed by atoms with Crippen molar-refractivity contribution in [3.63, 3.8) is 0 Å². The van der Waals surface area contributed by atoms with E-state index in [4.69, 9.17) is 18.7 Å². The fourth-order valence-electron chi connectivity index (χ4n) is 7.04. The van der Waals surface area contributed by atoms with Crippen molar-refractivity contribution in [3.8, 4) is 28.6 Å². The molecule has 3 aliphatic rings. The first-order valence-corrected chi connectivity index (χ1v) is 15.2. The van der Waals surface area contributed by atoms with Gasteiger partial charge in [0, 0.05) is 61.1 Å². The van der Waals surface area contributed by atoms with Crippen molar-refractivity contribution in [2.75, 3.05) is 57.7 Å². The number of ether oxygens (including phenoxy) is 3. The number of ketones is 1. The van der Waals surface area contributed by atoms with Gasteiger partial charge in [-0.25, -0.2) is 0 Å². The minimum atomic E-state index is 0.0369. The van der Waals surface area contributed by atoms with Crippen LogP contribution in [0, 0.1) is 0 Å². The molecule has 0 atom stereocenters. The Kier molecular flexibility index (Phi) is 7.34. The minimum absolute atomic E-state index is 0.0369. The molecule has 1 aromatic heterocycles. The first kappa shape index (κ1) is 27.6. The fourth-order valence-corrected chi connectivity index (χ4v) is 7.04. The predicted octanol–water partition coefficient (Wildman–Crippen LogP) is 6.13. The Morgan fingerprint density at radius 1 is 0.907 bits per heavy atom. The predicted molar refractivity (Wildman–Crippen MR) is 167 cm³/mol. The second-order valence-electron chi connectivity index (χ2n) is 11.7. The van der Waals surface area contributed by atoms with Crippen LogP contribution in [0.1, 0.15) is 53.6 Å². The van der Waals surface area contributed by atoms with Crippen molar-refractivity contribution >= 4 is 28.1 Å². The fraction of sp³-hybridized carbons (Fsp3) is 0.412. The van der Waals surface area contributed by atoms with E-state index in [1.807, 2.05) is 36.4 Å². The van der Waals surface area contributed by atoms with Crippen LogP contribution in [-0.4, -0.2) is 69.4 Å². The molecule has 224 valence electrons. The van der Waals surface area contributed by atoms with Gasteiger partial charge in [0.2, 0.25) is 5.75 Å². The molecule has 9 nitrogen and oxygen atoms in total. The molecule has 0 radical (unpaired) electrons. The van der Waals surface area contributed by atoms with Crippen molar-refractivity contribution in [2.45, 2.75) is 44.7 Å². The van der Waals surface area contributed by atoms with E-state index in [1.54, 1.807) is 21.3 Å². The van der Waals surface area contributed by atoms with Crippen molar-refractivity contribution in [1.29, 1.82) is 0 Å². The quantitative estimate of drug-likeness (QED) is 0.232. The largest absolute Gasteiger partial charge is 0.493 e. The molecule has 43 heavy (non-hydrogen) atoms. The number of fused-ring (bicyclic) bond motifs is 2. The molecule has 2 fully saturated rings. The van der Waals surface area contributed by atoms with E-state index in [0.717, 1.165) is 79.0 Å². The summed E-state index contributed by atoms with van der Waals surface area (Å²) in [7, 11) is 4.93. The summed E-state index contributed by atoms with van der Waals surface area (Å²) in [6, 6.07) is 14.2. The Morgan fingerprint density at radius 2 is 1.65 bits per heavy atom. The van der Waals surface area contributed by atoms with Gasteiger partial charge in [-0.05, 0) is 25.0 Å². The summed E-state index contributed by atoms with van der Waals surface area (Å²) < 4.78 is 22.8. The second kappa shape index (κ2) is 11.4. The number of anilines is 2. The van der Waals surface area contributed by atoms with E-state index >= 15 is 0 Å². The summed E-state index contributed by atoms with van der Waals surface area (Å²) in [5.74, 6) is 2.69. The van der Waals surface area contributed by atoms with Crippen molar-refractivity contribution < 1.29 is 23.5 Å². The Bertz CT molecular complexity index is 1670. The molecule has 1 saturated carbocycles. The summed E-state index contributed by atoms with van der Waals surface area (Å²) >= 11 is 0. The standard InChI is InChI=1S/C34H38N4O5/c1-40-27-14-13-21(32(41-2)34(27)42-3)20-37-15-17-38(18-16-37)26-19-25(35-22-9-5-4-6-10-22)28-29-30(26)36-43-33(29)24-12-8-7-11-23(24)31(28)39/h7-8,11-14,19,22,35H,4-6,9-10,15-18,20H2,1-3H3. The summed E-state index contributed by atoms with van der Waals surface area (Å²) in [5, 5.41) is 9.20. The third kappa shape index (κ3) is 4.76. The summed E-state index contributed by atoms with van der Waals surface area (Å²) in [6.07, 6.45) is 5.93. The van der Waals surface area contributed by atoms with Crippen LogP contribution in [0.5, 0.6) is 17.2 Å². The number of aromatic nitrogens is 1. The first-order chi connectivity index (χ1) is 21.1. The molecule has 1 saturated heterocycles. The third-order valence-corrected chi connectivity index (χ3v) is 9.24. The molecule has 9 heteroatoms. The summed E-state index contributed by atoms with van der Waals surface area (Å²) in [5.41, 5.74) is 5.91. The number of carbonyl (C=O) groups excluding carboxylic acids is 1. The highest BCUT2D eigenvalue weighted by molar-refractivity contribution is 6.28. The maximum Gasteiger partial charge on any atom is 0.203 e. The summed E-state index contributed by atoms with van der Waals surface area (Å²) in [6.45, 7) is 4.09. The van der Waals surface area contributed by atoms with E-state index in [0.29, 0.717) is 40.2 Å². The van der Waals surface area contributed by atoms with Gasteiger partial charge in [-0.1, -0.05) is 54.8 Å². The van der Waals surface area contributed by atoms with Gasteiger partial charge < -0.3 is 29.0 Å². The van der Waals surface area contributed by atoms with E-state index in [2.05, 4.69) is 26.3 Å². The number of methoxy groups -OCH3 is 3. The second-order valence-corrected chi connectivity index (χ2v) is 11.7. The molecule has 2 heterocycles. The van der Waals surface area contributed by atoms with Gasteiger partial charge in [-0.3, -0.25) is 9.69 Å². The zero-order valence-corrected chi connectivity index (χ0v) is 25.1. The number of nitrogens with zero attached hydrogens (tertiary/aromatic N) is 3. The normalized spacial score (nSPS) is 17.2. The monoisotopic (exact) mass is 582 g/mol. The molecule has 0 spiro atoms. The zero-order chi connectivity index (χ0) is 29.5. The van der Waals surface area contributed by atoms with Crippen molar-refractivity contribution in [1.82, 2.24) is 10.1 Å². The number of hydrogen-bond donors (Lipinski definition) is 1. The van der Waals surface area contributed by atoms with Gasteiger partial charge in [0.1, 0.15) is 5.52 Å². The van der Waals surface area contributed by atoms with Crippen LogP contribution < -0.4 is 24.4 Å². The lowest BCUT2D eigenvalue weighted by Gasteiger charge is -2.37. The van der Waals surface area contributed by atoms with E-state index in [1.165, 1.54) is 19.3 Å². The maximum absolute atomic E-state index is 13.9. The van der Waals surface area contributed by atoms with Crippen LogP contribution in [0.25, 0.3) is 22.2 Å². The number of hydrogen-bond acceptors (Lipinski definition) is 9. The Balaban J connectivity index is 1.20. The molecule has 0 amide bonds. The molecule has 4 aromatic rings. The molecule has 1 aliphatic heterocycles. The molecular weight excluding hydrogens is 544 g/mol. The van der Waals surface area contributed by atoms with Gasteiger partial charge in [0.15, 0.2) is 23.0 Å². The Morgan fingerprint density at radius 3 is 2.37 bits per heavy atom. The first-order valence-electron chi connectivity index (χ1n) is 15.2. The Hall–Kier alpha value is -4.24. The van der Waals surface area contributed by atoms with E-state index < -0.39 is 0 Å². The lowest BCUT2D eigenvalue weighted by atomic mass is 9.85. The van der Waals surface area contributed by atoms with Crippen LogP contribution in [0.2, 0.25) is 0 Å². The molecule has 1 N–H and O–H groups in total. The van der Waals surface area contributed by atoms with Gasteiger partial charge in [0.25, 0.3) is 0 Å². The average molecular weight is 583 g/mol. The van der Waals surface area contributed by atoms with Gasteiger partial charge in [0.05, 0.1) is 38.0 Å². The lowest BCUT2D eigenvalue weighted by Crippen LogP contribution is -2.46. The number of rotatable bonds is 8. The molecule has 0 unspecified atom stereocenters. The van der Waals surface area contributed by atoms with Crippen LogP contribution >= 0.6 is 0 Å². The van der Waals surface area contributed by atoms with Gasteiger partial charge in [-0.15, -0.1) is 0 Å². The molecule has 3 aromatic carbocycles. The minimum Gasteiger partial charge on any atom is -0.493 e. The SMILES string of the molecule is COc1ccc(CN2CCN(c3cc(NC4CCCCC4)c4c5c(onc35)-c3ccccc3C4=O)CC2)c(OC)c1OC. The van der Waals surface area contributed by atoms with Gasteiger partial charge in [-0.2, -0.15) is 0 Å². The molecule has 2 aliphatic carbocycles. The highest BCUT2D eigenvalue weighted by Crippen LogP contribution is 2.46. The molecule has 7 rings (SSSR count). The maximum atomic E-state index is 13.9. The van der Waals surface area contributed by atoms with Crippen molar-refractivity contribution in [3.05, 3.63) is 59.2 Å². The highest BCUT2D eigenvalue weighted by atomic mass is 16.5. The third-order valence-electron chi connectivity index (χ3n) is 9.24. The van der Waals surface area contributed by atoms with Crippen LogP contribution in [0.3, 0.4) is 0 Å². The topological polar surface area (TPSA) is 89.3 Å². The van der Waals surface area contributed by atoms with Crippen LogP contribution in [0.15, 0.2) is 47.0 Å². The van der Waals surface area contributed by atoms with Crippen molar-refractivity contribution in [2.24, 2.45) is 0 Å².